The van der Waals surface area contributed by atoms with Gasteiger partial charge in [-0.2, -0.15) is 0 Å². The Hall–Kier alpha value is -2.48. The third-order valence-corrected chi connectivity index (χ3v) is 3.56. The van der Waals surface area contributed by atoms with E-state index in [2.05, 4.69) is 53.3 Å². The molecule has 98 valence electrons. The highest BCUT2D eigenvalue weighted by Crippen LogP contribution is 2.24. The van der Waals surface area contributed by atoms with Crippen molar-refractivity contribution in [1.29, 1.82) is 0 Å². The number of nitrogens with zero attached hydrogens (tertiary/aromatic N) is 2. The van der Waals surface area contributed by atoms with Crippen LogP contribution in [0.15, 0.2) is 73.2 Å². The van der Waals surface area contributed by atoms with Crippen LogP contribution in [0.25, 0.3) is 11.3 Å². The van der Waals surface area contributed by atoms with E-state index >= 15 is 0 Å². The van der Waals surface area contributed by atoms with Gasteiger partial charge < -0.3 is 0 Å². The fourth-order valence-corrected chi connectivity index (χ4v) is 2.29. The van der Waals surface area contributed by atoms with Gasteiger partial charge in [-0.1, -0.05) is 43.3 Å². The lowest BCUT2D eigenvalue weighted by molar-refractivity contribution is 0.908. The smallest absolute Gasteiger partial charge is 0.0702 e. The minimum atomic E-state index is 0.329. The molecule has 0 saturated carbocycles. The molecule has 0 spiro atoms. The number of rotatable bonds is 3. The van der Waals surface area contributed by atoms with Crippen molar-refractivity contribution in [1.82, 2.24) is 9.97 Å². The molecule has 1 atom stereocenters. The first kappa shape index (κ1) is 12.5. The summed E-state index contributed by atoms with van der Waals surface area (Å²) in [7, 11) is 0. The second-order valence-corrected chi connectivity index (χ2v) is 4.85. The minimum Gasteiger partial charge on any atom is -0.265 e. The third-order valence-electron chi connectivity index (χ3n) is 3.56. The van der Waals surface area contributed by atoms with Crippen LogP contribution in [0.4, 0.5) is 0 Å². The zero-order valence-corrected chi connectivity index (χ0v) is 11.4. The van der Waals surface area contributed by atoms with Crippen molar-refractivity contribution in [3.63, 3.8) is 0 Å². The Morgan fingerprint density at radius 2 is 1.55 bits per heavy atom. The lowest BCUT2D eigenvalue weighted by Crippen LogP contribution is -1.97. The van der Waals surface area contributed by atoms with E-state index in [0.29, 0.717) is 5.92 Å². The van der Waals surface area contributed by atoms with Gasteiger partial charge in [0.2, 0.25) is 0 Å². The summed E-state index contributed by atoms with van der Waals surface area (Å²) in [4.78, 5) is 8.64. The van der Waals surface area contributed by atoms with Gasteiger partial charge in [0.05, 0.1) is 5.69 Å². The zero-order valence-electron chi connectivity index (χ0n) is 11.4. The van der Waals surface area contributed by atoms with E-state index in [9.17, 15) is 0 Å². The molecule has 2 aromatic heterocycles. The fourth-order valence-electron chi connectivity index (χ4n) is 2.29. The van der Waals surface area contributed by atoms with Crippen molar-refractivity contribution < 1.29 is 0 Å². The van der Waals surface area contributed by atoms with Gasteiger partial charge in [0.15, 0.2) is 0 Å². The molecule has 0 saturated heterocycles. The highest BCUT2D eigenvalue weighted by Gasteiger charge is 2.08. The predicted octanol–water partition coefficient (Wildman–Crippen LogP) is 4.30. The first-order valence-electron chi connectivity index (χ1n) is 6.76. The molecule has 0 aliphatic heterocycles. The summed E-state index contributed by atoms with van der Waals surface area (Å²) in [5.74, 6) is 0.329. The molecule has 3 rings (SSSR count). The molecular formula is C18H16N2. The van der Waals surface area contributed by atoms with Crippen molar-refractivity contribution in [3.05, 3.63) is 84.3 Å². The van der Waals surface area contributed by atoms with Gasteiger partial charge >= 0.3 is 0 Å². The van der Waals surface area contributed by atoms with Crippen LogP contribution >= 0.6 is 0 Å². The van der Waals surface area contributed by atoms with Crippen molar-refractivity contribution in [2.75, 3.05) is 0 Å². The van der Waals surface area contributed by atoms with Crippen LogP contribution in [0, 0.1) is 0 Å². The molecule has 1 aromatic carbocycles. The number of pyridine rings is 2. The molecule has 1 unspecified atom stereocenters. The molecule has 2 heterocycles. The Balaban J connectivity index is 1.87. The van der Waals surface area contributed by atoms with Crippen LogP contribution in [0.3, 0.4) is 0 Å². The zero-order chi connectivity index (χ0) is 13.8. The SMILES string of the molecule is CC(c1ccncc1)c1ccc(-c2ccccc2)nc1. The maximum absolute atomic E-state index is 4.58. The lowest BCUT2D eigenvalue weighted by atomic mass is 9.95. The summed E-state index contributed by atoms with van der Waals surface area (Å²) < 4.78 is 0. The summed E-state index contributed by atoms with van der Waals surface area (Å²) in [6, 6.07) is 18.6. The van der Waals surface area contributed by atoms with Gasteiger partial charge in [-0.15, -0.1) is 0 Å². The Bertz CT molecular complexity index is 661. The average molecular weight is 260 g/mol. The third kappa shape index (κ3) is 2.59. The Morgan fingerprint density at radius 3 is 2.20 bits per heavy atom. The predicted molar refractivity (Wildman–Crippen MR) is 81.4 cm³/mol. The van der Waals surface area contributed by atoms with E-state index in [-0.39, 0.29) is 0 Å². The molecular weight excluding hydrogens is 244 g/mol. The van der Waals surface area contributed by atoms with Crippen molar-refractivity contribution in [2.45, 2.75) is 12.8 Å². The average Bonchev–Trinajstić information content (AvgIpc) is 2.56. The maximum atomic E-state index is 4.58. The second-order valence-electron chi connectivity index (χ2n) is 4.85. The van der Waals surface area contributed by atoms with Gasteiger partial charge in [-0.25, -0.2) is 0 Å². The highest BCUT2D eigenvalue weighted by molar-refractivity contribution is 5.58. The summed E-state index contributed by atoms with van der Waals surface area (Å²) in [6.07, 6.45) is 5.63. The summed E-state index contributed by atoms with van der Waals surface area (Å²) in [5, 5.41) is 0. The lowest BCUT2D eigenvalue weighted by Gasteiger charge is -2.12. The number of aromatic nitrogens is 2. The molecule has 2 heteroatoms. The number of benzene rings is 1. The molecule has 0 fully saturated rings. The molecule has 20 heavy (non-hydrogen) atoms. The van der Waals surface area contributed by atoms with Gasteiger partial charge in [0.25, 0.3) is 0 Å². The van der Waals surface area contributed by atoms with E-state index in [4.69, 9.17) is 0 Å². The molecule has 0 aliphatic rings. The minimum absolute atomic E-state index is 0.329. The maximum Gasteiger partial charge on any atom is 0.0702 e. The molecule has 0 N–H and O–H groups in total. The first-order chi connectivity index (χ1) is 9.84. The Kier molecular flexibility index (Phi) is 3.55. The van der Waals surface area contributed by atoms with Gasteiger partial charge in [0, 0.05) is 30.1 Å². The molecule has 0 radical (unpaired) electrons. The fraction of sp³-hybridized carbons (Fsp3) is 0.111. The molecule has 0 bridgehead atoms. The Labute approximate surface area is 119 Å². The first-order valence-corrected chi connectivity index (χ1v) is 6.76. The van der Waals surface area contributed by atoms with Crippen molar-refractivity contribution >= 4 is 0 Å². The number of hydrogen-bond acceptors (Lipinski definition) is 2. The summed E-state index contributed by atoms with van der Waals surface area (Å²) >= 11 is 0. The normalized spacial score (nSPS) is 12.1. The van der Waals surface area contributed by atoms with E-state index in [1.807, 2.05) is 36.8 Å². The van der Waals surface area contributed by atoms with Crippen molar-refractivity contribution in [3.8, 4) is 11.3 Å². The second kappa shape index (κ2) is 5.66. The van der Waals surface area contributed by atoms with Crippen LogP contribution in [0.1, 0.15) is 24.0 Å². The van der Waals surface area contributed by atoms with Crippen LogP contribution in [0.5, 0.6) is 0 Å². The quantitative estimate of drug-likeness (QED) is 0.702. The molecule has 2 nitrogen and oxygen atoms in total. The van der Waals surface area contributed by atoms with Crippen molar-refractivity contribution in [2.24, 2.45) is 0 Å². The van der Waals surface area contributed by atoms with Crippen LogP contribution in [-0.2, 0) is 0 Å². The largest absolute Gasteiger partial charge is 0.265 e. The number of hydrogen-bond donors (Lipinski definition) is 0. The van der Waals surface area contributed by atoms with Gasteiger partial charge in [-0.05, 0) is 29.3 Å². The van der Waals surface area contributed by atoms with Crippen LogP contribution in [-0.4, -0.2) is 9.97 Å². The van der Waals surface area contributed by atoms with E-state index in [1.165, 1.54) is 11.1 Å². The molecule has 0 aliphatic carbocycles. The van der Waals surface area contributed by atoms with Gasteiger partial charge in [0.1, 0.15) is 0 Å². The van der Waals surface area contributed by atoms with Crippen LogP contribution < -0.4 is 0 Å². The van der Waals surface area contributed by atoms with E-state index in [0.717, 1.165) is 11.3 Å². The monoisotopic (exact) mass is 260 g/mol. The van der Waals surface area contributed by atoms with E-state index < -0.39 is 0 Å². The van der Waals surface area contributed by atoms with Gasteiger partial charge in [-0.3, -0.25) is 9.97 Å². The summed E-state index contributed by atoms with van der Waals surface area (Å²) in [6.45, 7) is 2.19. The Morgan fingerprint density at radius 1 is 0.800 bits per heavy atom. The molecule has 0 amide bonds. The van der Waals surface area contributed by atoms with E-state index in [1.54, 1.807) is 0 Å². The molecule has 3 aromatic rings. The summed E-state index contributed by atoms with van der Waals surface area (Å²) in [5.41, 5.74) is 4.64. The standard InChI is InChI=1S/C18H16N2/c1-14(15-9-11-19-12-10-15)17-7-8-18(20-13-17)16-5-3-2-4-6-16/h2-14H,1H3. The topological polar surface area (TPSA) is 25.8 Å². The highest BCUT2D eigenvalue weighted by atomic mass is 14.7. The van der Waals surface area contributed by atoms with Crippen LogP contribution in [0.2, 0.25) is 0 Å².